The second kappa shape index (κ2) is 4.68. The molecule has 17 heavy (non-hydrogen) atoms. The highest BCUT2D eigenvalue weighted by atomic mass is 32.2. The summed E-state index contributed by atoms with van der Waals surface area (Å²) in [7, 11) is -3.34. The number of fused-ring (bicyclic) bond motifs is 1. The summed E-state index contributed by atoms with van der Waals surface area (Å²) in [5, 5.41) is 1.90. The third-order valence-corrected chi connectivity index (χ3v) is 3.62. The van der Waals surface area contributed by atoms with Crippen LogP contribution in [0.3, 0.4) is 0 Å². The Labute approximate surface area is 99.7 Å². The van der Waals surface area contributed by atoms with E-state index in [1.54, 1.807) is 24.5 Å². The molecule has 5 nitrogen and oxygen atoms in total. The van der Waals surface area contributed by atoms with Gasteiger partial charge in [-0.05, 0) is 23.6 Å². The first kappa shape index (κ1) is 11.8. The minimum atomic E-state index is -3.34. The van der Waals surface area contributed by atoms with E-state index in [1.807, 2.05) is 12.1 Å². The Hall–Kier alpha value is -1.66. The van der Waals surface area contributed by atoms with E-state index in [1.165, 1.54) is 0 Å². The van der Waals surface area contributed by atoms with Crippen LogP contribution in [0.25, 0.3) is 10.8 Å². The second-order valence-electron chi connectivity index (χ2n) is 3.65. The highest BCUT2D eigenvalue weighted by Crippen LogP contribution is 2.18. The van der Waals surface area contributed by atoms with Gasteiger partial charge in [0, 0.05) is 30.0 Å². The van der Waals surface area contributed by atoms with E-state index in [-0.39, 0.29) is 12.3 Å². The van der Waals surface area contributed by atoms with Crippen molar-refractivity contribution in [3.05, 3.63) is 36.7 Å². The fraction of sp³-hybridized carbons (Fsp3) is 0.182. The Morgan fingerprint density at radius 3 is 2.82 bits per heavy atom. The van der Waals surface area contributed by atoms with Gasteiger partial charge in [0.05, 0.1) is 5.75 Å². The predicted molar refractivity (Wildman–Crippen MR) is 68.2 cm³/mol. The van der Waals surface area contributed by atoms with Crippen LogP contribution in [0.1, 0.15) is 0 Å². The normalized spacial score (nSPS) is 11.6. The molecule has 2 rings (SSSR count). The zero-order valence-corrected chi connectivity index (χ0v) is 9.94. The molecule has 0 amide bonds. The average molecular weight is 251 g/mol. The lowest BCUT2D eigenvalue weighted by atomic mass is 10.2. The number of pyridine rings is 1. The quantitative estimate of drug-likeness (QED) is 0.846. The van der Waals surface area contributed by atoms with Crippen molar-refractivity contribution in [2.75, 3.05) is 17.0 Å². The lowest BCUT2D eigenvalue weighted by Gasteiger charge is -2.07. The Morgan fingerprint density at radius 2 is 2.06 bits per heavy atom. The molecule has 0 atom stereocenters. The van der Waals surface area contributed by atoms with Crippen LogP contribution in [-0.4, -0.2) is 25.7 Å². The summed E-state index contributed by atoms with van der Waals surface area (Å²) in [5.41, 5.74) is 5.77. The molecular weight excluding hydrogens is 238 g/mol. The van der Waals surface area contributed by atoms with Gasteiger partial charge in [-0.3, -0.25) is 9.71 Å². The van der Waals surface area contributed by atoms with Crippen molar-refractivity contribution in [2.24, 2.45) is 5.73 Å². The summed E-state index contributed by atoms with van der Waals surface area (Å²) in [6.45, 7) is 0.104. The number of anilines is 1. The minimum Gasteiger partial charge on any atom is -0.329 e. The number of hydrogen-bond acceptors (Lipinski definition) is 4. The SMILES string of the molecule is NCCS(=O)(=O)Nc1ccc2cnccc2c1. The molecule has 6 heteroatoms. The van der Waals surface area contributed by atoms with E-state index in [0.717, 1.165) is 10.8 Å². The molecule has 0 bridgehead atoms. The summed E-state index contributed by atoms with van der Waals surface area (Å²) in [5.74, 6) is -0.0820. The molecule has 3 N–H and O–H groups in total. The first-order valence-corrected chi connectivity index (χ1v) is 6.80. The van der Waals surface area contributed by atoms with Gasteiger partial charge in [0.25, 0.3) is 0 Å². The molecular formula is C11H13N3O2S. The average Bonchev–Trinajstić information content (AvgIpc) is 2.28. The van der Waals surface area contributed by atoms with Crippen LogP contribution >= 0.6 is 0 Å². The maximum atomic E-state index is 11.5. The maximum absolute atomic E-state index is 11.5. The number of nitrogens with zero attached hydrogens (tertiary/aromatic N) is 1. The van der Waals surface area contributed by atoms with Crippen molar-refractivity contribution < 1.29 is 8.42 Å². The van der Waals surface area contributed by atoms with Gasteiger partial charge in [-0.25, -0.2) is 8.42 Å². The molecule has 1 aromatic carbocycles. The Balaban J connectivity index is 2.31. The highest BCUT2D eigenvalue weighted by molar-refractivity contribution is 7.92. The van der Waals surface area contributed by atoms with Crippen LogP contribution < -0.4 is 10.5 Å². The lowest BCUT2D eigenvalue weighted by Crippen LogP contribution is -2.22. The number of sulfonamides is 1. The molecule has 0 saturated carbocycles. The van der Waals surface area contributed by atoms with Crippen molar-refractivity contribution in [1.29, 1.82) is 0 Å². The van der Waals surface area contributed by atoms with Gasteiger partial charge in [0.1, 0.15) is 0 Å². The third kappa shape index (κ3) is 2.92. The van der Waals surface area contributed by atoms with Crippen molar-refractivity contribution in [2.45, 2.75) is 0 Å². The van der Waals surface area contributed by atoms with E-state index < -0.39 is 10.0 Å². The van der Waals surface area contributed by atoms with Crippen molar-refractivity contribution >= 4 is 26.5 Å². The molecule has 90 valence electrons. The van der Waals surface area contributed by atoms with E-state index in [2.05, 4.69) is 9.71 Å². The fourth-order valence-corrected chi connectivity index (χ4v) is 2.43. The number of hydrogen-bond donors (Lipinski definition) is 2. The first-order valence-electron chi connectivity index (χ1n) is 5.15. The largest absolute Gasteiger partial charge is 0.329 e. The van der Waals surface area contributed by atoms with Crippen molar-refractivity contribution in [3.63, 3.8) is 0 Å². The second-order valence-corrected chi connectivity index (χ2v) is 5.49. The lowest BCUT2D eigenvalue weighted by molar-refractivity contribution is 0.601. The van der Waals surface area contributed by atoms with Crippen LogP contribution in [-0.2, 0) is 10.0 Å². The fourth-order valence-electron chi connectivity index (χ4n) is 1.53. The summed E-state index contributed by atoms with van der Waals surface area (Å²) in [6.07, 6.45) is 3.40. The van der Waals surface area contributed by atoms with E-state index in [0.29, 0.717) is 5.69 Å². The molecule has 0 spiro atoms. The highest BCUT2D eigenvalue weighted by Gasteiger charge is 2.08. The first-order chi connectivity index (χ1) is 8.11. The van der Waals surface area contributed by atoms with Crippen molar-refractivity contribution in [3.8, 4) is 0 Å². The Kier molecular flexibility index (Phi) is 3.26. The van der Waals surface area contributed by atoms with Crippen molar-refractivity contribution in [1.82, 2.24) is 4.98 Å². The summed E-state index contributed by atoms with van der Waals surface area (Å²) in [4.78, 5) is 3.99. The van der Waals surface area contributed by atoms with Gasteiger partial charge >= 0.3 is 0 Å². The van der Waals surface area contributed by atoms with Gasteiger partial charge in [-0.2, -0.15) is 0 Å². The maximum Gasteiger partial charge on any atom is 0.233 e. The summed E-state index contributed by atoms with van der Waals surface area (Å²) >= 11 is 0. The topological polar surface area (TPSA) is 85.1 Å². The number of nitrogens with two attached hydrogens (primary N) is 1. The zero-order chi connectivity index (χ0) is 12.3. The number of rotatable bonds is 4. The number of aromatic nitrogens is 1. The molecule has 0 aliphatic rings. The number of benzene rings is 1. The van der Waals surface area contributed by atoms with Gasteiger partial charge in [-0.15, -0.1) is 0 Å². The molecule has 0 aliphatic heterocycles. The zero-order valence-electron chi connectivity index (χ0n) is 9.13. The van der Waals surface area contributed by atoms with Crippen LogP contribution in [0, 0.1) is 0 Å². The predicted octanol–water partition coefficient (Wildman–Crippen LogP) is 0.935. The van der Waals surface area contributed by atoms with Crippen LogP contribution in [0.5, 0.6) is 0 Å². The van der Waals surface area contributed by atoms with Gasteiger partial charge in [0.15, 0.2) is 0 Å². The van der Waals surface area contributed by atoms with Gasteiger partial charge < -0.3 is 5.73 Å². The molecule has 0 fully saturated rings. The van der Waals surface area contributed by atoms with Crippen LogP contribution in [0.2, 0.25) is 0 Å². The molecule has 1 heterocycles. The molecule has 0 unspecified atom stereocenters. The monoisotopic (exact) mass is 251 g/mol. The Bertz CT molecular complexity index is 625. The van der Waals surface area contributed by atoms with E-state index in [9.17, 15) is 8.42 Å². The van der Waals surface area contributed by atoms with Gasteiger partial charge in [0.2, 0.25) is 10.0 Å². The third-order valence-electron chi connectivity index (χ3n) is 2.30. The smallest absolute Gasteiger partial charge is 0.233 e. The van der Waals surface area contributed by atoms with Crippen LogP contribution in [0.15, 0.2) is 36.7 Å². The summed E-state index contributed by atoms with van der Waals surface area (Å²) < 4.78 is 25.5. The molecule has 2 aromatic rings. The molecule has 0 radical (unpaired) electrons. The standard InChI is InChI=1S/C11H13N3O2S/c12-4-6-17(15,16)14-11-2-1-10-8-13-5-3-9(10)7-11/h1-3,5,7-8,14H,4,6,12H2. The number of nitrogens with one attached hydrogen (secondary N) is 1. The molecule has 0 saturated heterocycles. The molecule has 1 aromatic heterocycles. The van der Waals surface area contributed by atoms with Crippen LogP contribution in [0.4, 0.5) is 5.69 Å². The summed E-state index contributed by atoms with van der Waals surface area (Å²) in [6, 6.07) is 7.13. The Morgan fingerprint density at radius 1 is 1.24 bits per heavy atom. The van der Waals surface area contributed by atoms with E-state index >= 15 is 0 Å². The molecule has 0 aliphatic carbocycles. The van der Waals surface area contributed by atoms with E-state index in [4.69, 9.17) is 5.73 Å². The van der Waals surface area contributed by atoms with Gasteiger partial charge in [-0.1, -0.05) is 6.07 Å². The minimum absolute atomic E-state index is 0.0820.